The lowest BCUT2D eigenvalue weighted by Gasteiger charge is -2.33. The topological polar surface area (TPSA) is 71.5 Å². The maximum absolute atomic E-state index is 12.7. The van der Waals surface area contributed by atoms with E-state index in [0.717, 1.165) is 47.7 Å². The highest BCUT2D eigenvalue weighted by Gasteiger charge is 2.29. The summed E-state index contributed by atoms with van der Waals surface area (Å²) in [4.78, 5) is 31.6. The number of amides is 2. The van der Waals surface area contributed by atoms with Crippen molar-refractivity contribution in [2.75, 3.05) is 13.1 Å². The molecule has 2 aromatic rings. The standard InChI is InChI=1S/C26H33N3O3S/c1-19-27-23(18-33-19)17-32-24-12-9-20(10-13-24)11-14-25(30)29-15-5-6-21(16-29)26(31)28-22-7-3-2-4-8-22/h9-14,18,21-22H,2-8,15-17H2,1H3,(H,28,31)/b14-11+. The van der Waals surface area contributed by atoms with Crippen molar-refractivity contribution in [2.45, 2.75) is 64.5 Å². The summed E-state index contributed by atoms with van der Waals surface area (Å²) >= 11 is 1.61. The van der Waals surface area contributed by atoms with E-state index in [1.165, 1.54) is 19.3 Å². The Bertz CT molecular complexity index is 963. The van der Waals surface area contributed by atoms with Crippen LogP contribution in [0.15, 0.2) is 35.7 Å². The van der Waals surface area contributed by atoms with E-state index in [0.29, 0.717) is 25.7 Å². The van der Waals surface area contributed by atoms with Crippen molar-refractivity contribution in [3.05, 3.63) is 52.0 Å². The predicted octanol–water partition coefficient (Wildman–Crippen LogP) is 4.73. The van der Waals surface area contributed by atoms with Crippen LogP contribution in [0.4, 0.5) is 0 Å². The molecular formula is C26H33N3O3S. The zero-order chi connectivity index (χ0) is 23.0. The number of carbonyl (C=O) groups excluding carboxylic acids is 2. The monoisotopic (exact) mass is 467 g/mol. The SMILES string of the molecule is Cc1nc(COc2ccc(/C=C/C(=O)N3CCCC(C(=O)NC4CCCCC4)C3)cc2)cs1. The Morgan fingerprint density at radius 3 is 2.67 bits per heavy atom. The predicted molar refractivity (Wildman–Crippen MR) is 131 cm³/mol. The Labute approximate surface area is 200 Å². The lowest BCUT2D eigenvalue weighted by atomic mass is 9.93. The van der Waals surface area contributed by atoms with Crippen molar-refractivity contribution in [1.29, 1.82) is 0 Å². The molecule has 0 radical (unpaired) electrons. The van der Waals surface area contributed by atoms with Gasteiger partial charge in [-0.3, -0.25) is 9.59 Å². The Hall–Kier alpha value is -2.67. The van der Waals surface area contributed by atoms with Gasteiger partial charge in [0.25, 0.3) is 0 Å². The molecule has 1 N–H and O–H groups in total. The average Bonchev–Trinajstić information content (AvgIpc) is 3.27. The summed E-state index contributed by atoms with van der Waals surface area (Å²) in [5.74, 6) is 0.749. The van der Waals surface area contributed by atoms with Crippen LogP contribution >= 0.6 is 11.3 Å². The molecule has 2 aliphatic rings. The highest BCUT2D eigenvalue weighted by atomic mass is 32.1. The number of aryl methyl sites for hydroxylation is 1. The third-order valence-electron chi connectivity index (χ3n) is 6.41. The van der Waals surface area contributed by atoms with Crippen LogP contribution in [0.5, 0.6) is 5.75 Å². The highest BCUT2D eigenvalue weighted by Crippen LogP contribution is 2.21. The van der Waals surface area contributed by atoms with Gasteiger partial charge in [0.15, 0.2) is 0 Å². The van der Waals surface area contributed by atoms with Gasteiger partial charge in [-0.1, -0.05) is 31.4 Å². The molecule has 1 saturated carbocycles. The van der Waals surface area contributed by atoms with Crippen LogP contribution < -0.4 is 10.1 Å². The van der Waals surface area contributed by atoms with Crippen LogP contribution in [-0.2, 0) is 16.2 Å². The number of nitrogens with one attached hydrogen (secondary N) is 1. The quantitative estimate of drug-likeness (QED) is 0.598. The van der Waals surface area contributed by atoms with Gasteiger partial charge in [-0.2, -0.15) is 0 Å². The van der Waals surface area contributed by atoms with Crippen LogP contribution in [0.25, 0.3) is 6.08 Å². The third-order valence-corrected chi connectivity index (χ3v) is 7.23. The molecule has 2 fully saturated rings. The second kappa shape index (κ2) is 11.5. The number of rotatable bonds is 7. The first-order valence-electron chi connectivity index (χ1n) is 12.0. The fourth-order valence-corrected chi connectivity index (χ4v) is 5.13. The number of carbonyl (C=O) groups is 2. The molecule has 1 aliphatic carbocycles. The minimum Gasteiger partial charge on any atom is -0.487 e. The van der Waals surface area contributed by atoms with Crippen molar-refractivity contribution in [1.82, 2.24) is 15.2 Å². The third kappa shape index (κ3) is 6.90. The van der Waals surface area contributed by atoms with Gasteiger partial charge in [0.05, 0.1) is 16.6 Å². The van der Waals surface area contributed by atoms with Crippen molar-refractivity contribution >= 4 is 29.2 Å². The van der Waals surface area contributed by atoms with Crippen molar-refractivity contribution in [2.24, 2.45) is 5.92 Å². The lowest BCUT2D eigenvalue weighted by molar-refractivity contribution is -0.132. The molecule has 176 valence electrons. The van der Waals surface area contributed by atoms with Crippen molar-refractivity contribution < 1.29 is 14.3 Å². The van der Waals surface area contributed by atoms with E-state index in [9.17, 15) is 9.59 Å². The summed E-state index contributed by atoms with van der Waals surface area (Å²) in [6, 6.07) is 7.98. The number of thiazole rings is 1. The summed E-state index contributed by atoms with van der Waals surface area (Å²) < 4.78 is 5.78. The van der Waals surface area contributed by atoms with Gasteiger partial charge < -0.3 is 15.0 Å². The summed E-state index contributed by atoms with van der Waals surface area (Å²) in [5, 5.41) is 6.26. The Kier molecular flexibility index (Phi) is 8.15. The first-order chi connectivity index (χ1) is 16.1. The van der Waals surface area contributed by atoms with Gasteiger partial charge in [0, 0.05) is 30.6 Å². The first-order valence-corrected chi connectivity index (χ1v) is 12.9. The number of benzene rings is 1. The van der Waals surface area contributed by atoms with Crippen LogP contribution in [-0.4, -0.2) is 40.8 Å². The molecule has 1 atom stereocenters. The molecule has 0 spiro atoms. The molecule has 33 heavy (non-hydrogen) atoms. The molecular weight excluding hydrogens is 434 g/mol. The normalized spacial score (nSPS) is 19.5. The molecule has 1 saturated heterocycles. The second-order valence-electron chi connectivity index (χ2n) is 9.02. The number of nitrogens with zero attached hydrogens (tertiary/aromatic N) is 2. The second-order valence-corrected chi connectivity index (χ2v) is 10.1. The van der Waals surface area contributed by atoms with Crippen LogP contribution in [0.2, 0.25) is 0 Å². The first kappa shape index (κ1) is 23.5. The number of hydrogen-bond donors (Lipinski definition) is 1. The number of piperidine rings is 1. The minimum absolute atomic E-state index is 0.0376. The van der Waals surface area contributed by atoms with Gasteiger partial charge in [-0.05, 0) is 56.4 Å². The number of ether oxygens (including phenoxy) is 1. The Morgan fingerprint density at radius 2 is 1.94 bits per heavy atom. The Balaban J connectivity index is 1.25. The molecule has 2 heterocycles. The maximum Gasteiger partial charge on any atom is 0.246 e. The molecule has 1 aromatic carbocycles. The number of hydrogen-bond acceptors (Lipinski definition) is 5. The largest absolute Gasteiger partial charge is 0.487 e. The molecule has 2 amide bonds. The summed E-state index contributed by atoms with van der Waals surface area (Å²) in [6.07, 6.45) is 11.0. The summed E-state index contributed by atoms with van der Waals surface area (Å²) in [6.45, 7) is 3.64. The minimum atomic E-state index is -0.101. The van der Waals surface area contributed by atoms with Gasteiger partial charge in [0.1, 0.15) is 12.4 Å². The van der Waals surface area contributed by atoms with E-state index < -0.39 is 0 Å². The zero-order valence-corrected chi connectivity index (χ0v) is 20.1. The summed E-state index contributed by atoms with van der Waals surface area (Å²) in [7, 11) is 0. The zero-order valence-electron chi connectivity index (χ0n) is 19.3. The van der Waals surface area contributed by atoms with E-state index in [2.05, 4.69) is 10.3 Å². The van der Waals surface area contributed by atoms with Gasteiger partial charge in [0.2, 0.25) is 11.8 Å². The molecule has 0 bridgehead atoms. The van der Waals surface area contributed by atoms with E-state index in [4.69, 9.17) is 4.74 Å². The molecule has 4 rings (SSSR count). The van der Waals surface area contributed by atoms with Crippen molar-refractivity contribution in [3.8, 4) is 5.75 Å². The van der Waals surface area contributed by atoms with Crippen LogP contribution in [0.3, 0.4) is 0 Å². The molecule has 1 unspecified atom stereocenters. The number of likely N-dealkylation sites (tertiary alicyclic amines) is 1. The fourth-order valence-electron chi connectivity index (χ4n) is 4.54. The maximum atomic E-state index is 12.7. The summed E-state index contributed by atoms with van der Waals surface area (Å²) in [5.41, 5.74) is 1.86. The van der Waals surface area contributed by atoms with Gasteiger partial charge in [-0.25, -0.2) is 4.98 Å². The average molecular weight is 468 g/mol. The lowest BCUT2D eigenvalue weighted by Crippen LogP contribution is -2.47. The molecule has 1 aromatic heterocycles. The molecule has 7 heteroatoms. The Morgan fingerprint density at radius 1 is 1.15 bits per heavy atom. The van der Waals surface area contributed by atoms with Gasteiger partial charge in [-0.15, -0.1) is 11.3 Å². The van der Waals surface area contributed by atoms with Crippen molar-refractivity contribution in [3.63, 3.8) is 0 Å². The van der Waals surface area contributed by atoms with Gasteiger partial charge >= 0.3 is 0 Å². The highest BCUT2D eigenvalue weighted by molar-refractivity contribution is 7.09. The van der Waals surface area contributed by atoms with E-state index in [1.54, 1.807) is 22.3 Å². The van der Waals surface area contributed by atoms with E-state index >= 15 is 0 Å². The van der Waals surface area contributed by atoms with E-state index in [1.807, 2.05) is 42.6 Å². The molecule has 1 aliphatic heterocycles. The van der Waals surface area contributed by atoms with E-state index in [-0.39, 0.29) is 17.7 Å². The van der Waals surface area contributed by atoms with Crippen LogP contribution in [0, 0.1) is 12.8 Å². The van der Waals surface area contributed by atoms with Crippen LogP contribution in [0.1, 0.15) is 61.2 Å². The fraction of sp³-hybridized carbons (Fsp3) is 0.500. The number of aromatic nitrogens is 1. The molecule has 6 nitrogen and oxygen atoms in total. The smallest absolute Gasteiger partial charge is 0.246 e.